The third kappa shape index (κ3) is 3.24. The fraction of sp³-hybridized carbons (Fsp3) is 0.429. The van der Waals surface area contributed by atoms with Gasteiger partial charge in [-0.2, -0.15) is 0 Å². The standard InChI is InChI=1S/C14H17NO4/c1-2-14(6-7-14)13(18)15-10-4-3-5-11(8-10)19-9-12(16)17/h3-5,8H,2,6-7,9H2,1H3,(H,15,18)(H,16,17). The molecular formula is C14H17NO4. The minimum atomic E-state index is -1.03. The van der Waals surface area contributed by atoms with E-state index in [2.05, 4.69) is 5.32 Å². The van der Waals surface area contributed by atoms with Crippen molar-refractivity contribution in [3.63, 3.8) is 0 Å². The van der Waals surface area contributed by atoms with E-state index in [1.165, 1.54) is 0 Å². The number of ether oxygens (including phenoxy) is 1. The van der Waals surface area contributed by atoms with Gasteiger partial charge >= 0.3 is 5.97 Å². The van der Waals surface area contributed by atoms with E-state index < -0.39 is 12.6 Å². The first kappa shape index (κ1) is 13.4. The molecule has 0 radical (unpaired) electrons. The van der Waals surface area contributed by atoms with Crippen LogP contribution in [0.3, 0.4) is 0 Å². The number of carboxylic acids is 1. The topological polar surface area (TPSA) is 75.6 Å². The number of carboxylic acid groups (broad SMARTS) is 1. The molecule has 0 heterocycles. The summed E-state index contributed by atoms with van der Waals surface area (Å²) in [5.41, 5.74) is 0.436. The lowest BCUT2D eigenvalue weighted by molar-refractivity contribution is -0.139. The van der Waals surface area contributed by atoms with Crippen LogP contribution in [0.15, 0.2) is 24.3 Å². The summed E-state index contributed by atoms with van der Waals surface area (Å²) in [4.78, 5) is 22.5. The molecule has 0 saturated heterocycles. The molecule has 5 nitrogen and oxygen atoms in total. The van der Waals surface area contributed by atoms with Gasteiger partial charge in [-0.3, -0.25) is 4.79 Å². The quantitative estimate of drug-likeness (QED) is 0.825. The van der Waals surface area contributed by atoms with Crippen molar-refractivity contribution in [2.45, 2.75) is 26.2 Å². The molecule has 19 heavy (non-hydrogen) atoms. The van der Waals surface area contributed by atoms with E-state index in [-0.39, 0.29) is 11.3 Å². The van der Waals surface area contributed by atoms with Crippen LogP contribution in [0.25, 0.3) is 0 Å². The highest BCUT2D eigenvalue weighted by atomic mass is 16.5. The number of anilines is 1. The Balaban J connectivity index is 1.99. The Morgan fingerprint density at radius 1 is 1.42 bits per heavy atom. The lowest BCUT2D eigenvalue weighted by atomic mass is 10.0. The minimum Gasteiger partial charge on any atom is -0.482 e. The Kier molecular flexibility index (Phi) is 3.74. The third-order valence-corrected chi connectivity index (χ3v) is 3.47. The minimum absolute atomic E-state index is 0.0328. The van der Waals surface area contributed by atoms with E-state index in [1.807, 2.05) is 6.92 Å². The van der Waals surface area contributed by atoms with Gasteiger partial charge in [0.25, 0.3) is 0 Å². The van der Waals surface area contributed by atoms with Crippen molar-refractivity contribution in [1.82, 2.24) is 0 Å². The first-order valence-corrected chi connectivity index (χ1v) is 6.32. The number of nitrogens with one attached hydrogen (secondary N) is 1. The molecule has 0 bridgehead atoms. The first-order chi connectivity index (χ1) is 9.05. The Labute approximate surface area is 111 Å². The van der Waals surface area contributed by atoms with Crippen molar-refractivity contribution >= 4 is 17.6 Å². The first-order valence-electron chi connectivity index (χ1n) is 6.32. The van der Waals surface area contributed by atoms with E-state index >= 15 is 0 Å². The maximum Gasteiger partial charge on any atom is 0.341 e. The summed E-state index contributed by atoms with van der Waals surface area (Å²) in [7, 11) is 0. The van der Waals surface area contributed by atoms with Gasteiger partial charge in [0.1, 0.15) is 5.75 Å². The molecule has 1 aromatic carbocycles. The highest BCUT2D eigenvalue weighted by molar-refractivity contribution is 5.97. The second kappa shape index (κ2) is 5.30. The molecule has 2 rings (SSSR count). The SMILES string of the molecule is CCC1(C(=O)Nc2cccc(OCC(=O)O)c2)CC1. The molecular weight excluding hydrogens is 246 g/mol. The van der Waals surface area contributed by atoms with Crippen molar-refractivity contribution < 1.29 is 19.4 Å². The zero-order valence-corrected chi connectivity index (χ0v) is 10.8. The average Bonchev–Trinajstić information content (AvgIpc) is 3.18. The highest BCUT2D eigenvalue weighted by Crippen LogP contribution is 2.49. The average molecular weight is 263 g/mol. The van der Waals surface area contributed by atoms with Crippen LogP contribution in [0.4, 0.5) is 5.69 Å². The van der Waals surface area contributed by atoms with Gasteiger partial charge in [0.05, 0.1) is 0 Å². The predicted octanol–water partition coefficient (Wildman–Crippen LogP) is 2.28. The molecule has 102 valence electrons. The third-order valence-electron chi connectivity index (χ3n) is 3.47. The van der Waals surface area contributed by atoms with Crippen molar-refractivity contribution in [3.8, 4) is 5.75 Å². The van der Waals surface area contributed by atoms with Crippen LogP contribution in [0.2, 0.25) is 0 Å². The molecule has 0 spiro atoms. The molecule has 2 N–H and O–H groups in total. The molecule has 1 aliphatic rings. The van der Waals surface area contributed by atoms with E-state index in [1.54, 1.807) is 24.3 Å². The molecule has 1 amide bonds. The Bertz CT molecular complexity index is 494. The number of amides is 1. The molecule has 0 atom stereocenters. The number of hydrogen-bond acceptors (Lipinski definition) is 3. The van der Waals surface area contributed by atoms with Crippen molar-refractivity contribution in [2.24, 2.45) is 5.41 Å². The van der Waals surface area contributed by atoms with Crippen LogP contribution in [0.1, 0.15) is 26.2 Å². The van der Waals surface area contributed by atoms with Crippen LogP contribution in [-0.4, -0.2) is 23.6 Å². The largest absolute Gasteiger partial charge is 0.482 e. The summed E-state index contributed by atoms with van der Waals surface area (Å²) < 4.78 is 5.07. The van der Waals surface area contributed by atoms with Crippen LogP contribution < -0.4 is 10.1 Å². The maximum atomic E-state index is 12.1. The predicted molar refractivity (Wildman–Crippen MR) is 70.2 cm³/mol. The fourth-order valence-corrected chi connectivity index (χ4v) is 1.96. The molecule has 5 heteroatoms. The maximum absolute atomic E-state index is 12.1. The zero-order valence-electron chi connectivity index (χ0n) is 10.8. The normalized spacial score (nSPS) is 15.6. The molecule has 1 saturated carbocycles. The number of rotatable bonds is 6. The van der Waals surface area contributed by atoms with Crippen LogP contribution in [-0.2, 0) is 9.59 Å². The van der Waals surface area contributed by atoms with Gasteiger partial charge in [0, 0.05) is 17.2 Å². The Hall–Kier alpha value is -2.04. The summed E-state index contributed by atoms with van der Waals surface area (Å²) >= 11 is 0. The molecule has 1 aromatic rings. The number of aliphatic carboxylic acids is 1. The van der Waals surface area contributed by atoms with Gasteiger partial charge in [0.15, 0.2) is 6.61 Å². The van der Waals surface area contributed by atoms with Crippen molar-refractivity contribution in [2.75, 3.05) is 11.9 Å². The molecule has 1 fully saturated rings. The number of carbonyl (C=O) groups is 2. The van der Waals surface area contributed by atoms with Crippen molar-refractivity contribution in [3.05, 3.63) is 24.3 Å². The van der Waals surface area contributed by atoms with Gasteiger partial charge in [-0.05, 0) is 31.4 Å². The van der Waals surface area contributed by atoms with E-state index in [0.717, 1.165) is 19.3 Å². The van der Waals surface area contributed by atoms with E-state index in [4.69, 9.17) is 9.84 Å². The zero-order chi connectivity index (χ0) is 13.9. The lowest BCUT2D eigenvalue weighted by Gasteiger charge is -2.13. The molecule has 0 aromatic heterocycles. The van der Waals surface area contributed by atoms with Crippen LogP contribution in [0, 0.1) is 5.41 Å². The van der Waals surface area contributed by atoms with E-state index in [0.29, 0.717) is 11.4 Å². The number of carbonyl (C=O) groups excluding carboxylic acids is 1. The summed E-state index contributed by atoms with van der Waals surface area (Å²) in [5.74, 6) is -0.565. The summed E-state index contributed by atoms with van der Waals surface area (Å²) in [6, 6.07) is 6.77. The highest BCUT2D eigenvalue weighted by Gasteiger charge is 2.47. The number of hydrogen-bond donors (Lipinski definition) is 2. The molecule has 0 aliphatic heterocycles. The second-order valence-electron chi connectivity index (χ2n) is 4.80. The van der Waals surface area contributed by atoms with Crippen LogP contribution >= 0.6 is 0 Å². The summed E-state index contributed by atoms with van der Waals surface area (Å²) in [5, 5.41) is 11.4. The Morgan fingerprint density at radius 3 is 2.74 bits per heavy atom. The van der Waals surface area contributed by atoms with Gasteiger partial charge in [-0.1, -0.05) is 13.0 Å². The van der Waals surface area contributed by atoms with Crippen LogP contribution in [0.5, 0.6) is 5.75 Å². The fourth-order valence-electron chi connectivity index (χ4n) is 1.96. The molecule has 1 aliphatic carbocycles. The monoisotopic (exact) mass is 263 g/mol. The number of benzene rings is 1. The van der Waals surface area contributed by atoms with Gasteiger partial charge in [-0.15, -0.1) is 0 Å². The smallest absolute Gasteiger partial charge is 0.341 e. The Morgan fingerprint density at radius 2 is 2.16 bits per heavy atom. The summed E-state index contributed by atoms with van der Waals surface area (Å²) in [6.45, 7) is 1.62. The summed E-state index contributed by atoms with van der Waals surface area (Å²) in [6.07, 6.45) is 2.71. The second-order valence-corrected chi connectivity index (χ2v) is 4.80. The van der Waals surface area contributed by atoms with Gasteiger partial charge in [-0.25, -0.2) is 4.79 Å². The molecule has 0 unspecified atom stereocenters. The van der Waals surface area contributed by atoms with E-state index in [9.17, 15) is 9.59 Å². The van der Waals surface area contributed by atoms with Gasteiger partial charge in [0.2, 0.25) is 5.91 Å². The van der Waals surface area contributed by atoms with Gasteiger partial charge < -0.3 is 15.2 Å². The lowest BCUT2D eigenvalue weighted by Crippen LogP contribution is -2.23. The van der Waals surface area contributed by atoms with Crippen molar-refractivity contribution in [1.29, 1.82) is 0 Å².